The van der Waals surface area contributed by atoms with Gasteiger partial charge in [-0.05, 0) is 6.42 Å². The Hall–Kier alpha value is -0.280. The normalized spacial score (nSPS) is 23.2. The van der Waals surface area contributed by atoms with Crippen molar-refractivity contribution >= 4 is 0 Å². The zero-order valence-corrected chi connectivity index (χ0v) is 13.8. The first-order valence-corrected chi connectivity index (χ1v) is 7.76. The maximum Gasteiger partial charge on any atom is 0.138 e. The van der Waals surface area contributed by atoms with Crippen molar-refractivity contribution in [2.45, 2.75) is 12.0 Å². The first-order valence-electron chi connectivity index (χ1n) is 7.76. The van der Waals surface area contributed by atoms with Gasteiger partial charge in [0.25, 0.3) is 0 Å². The van der Waals surface area contributed by atoms with Gasteiger partial charge in [0.05, 0.1) is 59.5 Å². The van der Waals surface area contributed by atoms with Gasteiger partial charge in [0.15, 0.2) is 0 Å². The molecule has 0 aromatic heterocycles. The molecule has 0 radical (unpaired) electrons. The topological polar surface area (TPSA) is 64.6 Å². The predicted molar refractivity (Wildman–Crippen MR) is 80.3 cm³/mol. The molecule has 7 heteroatoms. The number of methoxy groups -OCH3 is 2. The minimum absolute atomic E-state index is 0.403. The Bertz CT molecular complexity index is 226. The predicted octanol–water partition coefficient (Wildman–Crippen LogP) is 0.505. The Morgan fingerprint density at radius 3 is 1.77 bits per heavy atom. The monoisotopic (exact) mass is 322 g/mol. The number of ether oxygens (including phenoxy) is 7. The lowest BCUT2D eigenvalue weighted by Crippen LogP contribution is -2.47. The van der Waals surface area contributed by atoms with Crippen molar-refractivity contribution in [2.24, 2.45) is 0 Å². The number of hydrogen-bond donors (Lipinski definition) is 0. The number of rotatable bonds is 4. The Balaban J connectivity index is 2.46. The largest absolute Gasteiger partial charge is 0.382 e. The highest BCUT2D eigenvalue weighted by Crippen LogP contribution is 2.14. The van der Waals surface area contributed by atoms with E-state index in [0.29, 0.717) is 72.7 Å². The van der Waals surface area contributed by atoms with Crippen LogP contribution >= 0.6 is 0 Å². The molecule has 132 valence electrons. The van der Waals surface area contributed by atoms with E-state index < -0.39 is 5.60 Å². The third kappa shape index (κ3) is 8.99. The van der Waals surface area contributed by atoms with Crippen LogP contribution in [0, 0.1) is 0 Å². The van der Waals surface area contributed by atoms with Gasteiger partial charge in [-0.25, -0.2) is 0 Å². The standard InChI is InChI=1S/C15H30O7/c1-16-12-15(13-17-2)14-21-5-3-4-18-6-7-19-8-9-20-10-11-22-15/h3-14H2,1-2H3. The Labute approximate surface area is 133 Å². The molecule has 1 aliphatic heterocycles. The molecule has 1 saturated heterocycles. The molecule has 0 atom stereocenters. The molecule has 22 heavy (non-hydrogen) atoms. The van der Waals surface area contributed by atoms with Gasteiger partial charge >= 0.3 is 0 Å². The summed E-state index contributed by atoms with van der Waals surface area (Å²) < 4.78 is 38.5. The van der Waals surface area contributed by atoms with Crippen LogP contribution in [-0.2, 0) is 33.2 Å². The summed E-state index contributed by atoms with van der Waals surface area (Å²) in [6.45, 7) is 5.73. The van der Waals surface area contributed by atoms with Crippen molar-refractivity contribution in [1.29, 1.82) is 0 Å². The minimum atomic E-state index is -0.610. The summed E-state index contributed by atoms with van der Waals surface area (Å²) in [7, 11) is 3.28. The summed E-state index contributed by atoms with van der Waals surface area (Å²) in [6.07, 6.45) is 0.832. The second-order valence-electron chi connectivity index (χ2n) is 5.14. The van der Waals surface area contributed by atoms with Gasteiger partial charge < -0.3 is 33.2 Å². The maximum absolute atomic E-state index is 5.94. The molecule has 0 N–H and O–H groups in total. The van der Waals surface area contributed by atoms with E-state index >= 15 is 0 Å². The smallest absolute Gasteiger partial charge is 0.138 e. The van der Waals surface area contributed by atoms with E-state index in [2.05, 4.69) is 0 Å². The molecule has 0 bridgehead atoms. The molecular formula is C15H30O7. The molecule has 1 fully saturated rings. The van der Waals surface area contributed by atoms with Crippen LogP contribution in [0.1, 0.15) is 6.42 Å². The lowest BCUT2D eigenvalue weighted by molar-refractivity contribution is -0.165. The molecule has 1 heterocycles. The van der Waals surface area contributed by atoms with Gasteiger partial charge in [-0.3, -0.25) is 0 Å². The lowest BCUT2D eigenvalue weighted by atomic mass is 10.1. The van der Waals surface area contributed by atoms with E-state index in [0.717, 1.165) is 6.42 Å². The summed E-state index contributed by atoms with van der Waals surface area (Å²) >= 11 is 0. The molecule has 0 aromatic rings. The fourth-order valence-electron chi connectivity index (χ4n) is 2.16. The third-order valence-corrected chi connectivity index (χ3v) is 3.14. The molecule has 7 nitrogen and oxygen atoms in total. The van der Waals surface area contributed by atoms with Gasteiger partial charge in [-0.1, -0.05) is 0 Å². The quantitative estimate of drug-likeness (QED) is 0.747. The van der Waals surface area contributed by atoms with Gasteiger partial charge in [0.2, 0.25) is 0 Å². The minimum Gasteiger partial charge on any atom is -0.382 e. The molecule has 0 aromatic carbocycles. The molecule has 0 amide bonds. The SMILES string of the molecule is COCC1(COC)COCCCOCCOCCOCCO1. The third-order valence-electron chi connectivity index (χ3n) is 3.14. The van der Waals surface area contributed by atoms with Crippen LogP contribution in [0.3, 0.4) is 0 Å². The Morgan fingerprint density at radius 1 is 0.682 bits per heavy atom. The van der Waals surface area contributed by atoms with Crippen molar-refractivity contribution in [3.63, 3.8) is 0 Å². The lowest BCUT2D eigenvalue weighted by Gasteiger charge is -2.32. The zero-order chi connectivity index (χ0) is 15.9. The van der Waals surface area contributed by atoms with E-state index in [1.54, 1.807) is 14.2 Å². The highest BCUT2D eigenvalue weighted by atomic mass is 16.6. The summed E-state index contributed by atoms with van der Waals surface area (Å²) in [4.78, 5) is 0. The van der Waals surface area contributed by atoms with E-state index in [-0.39, 0.29) is 0 Å². The van der Waals surface area contributed by atoms with Crippen LogP contribution in [0.5, 0.6) is 0 Å². The molecule has 0 saturated carbocycles. The van der Waals surface area contributed by atoms with Gasteiger partial charge in [0, 0.05) is 27.4 Å². The van der Waals surface area contributed by atoms with Crippen LogP contribution < -0.4 is 0 Å². The van der Waals surface area contributed by atoms with E-state index in [1.165, 1.54) is 0 Å². The molecule has 0 aliphatic carbocycles. The van der Waals surface area contributed by atoms with Crippen molar-refractivity contribution in [3.05, 3.63) is 0 Å². The van der Waals surface area contributed by atoms with Crippen LogP contribution in [0.4, 0.5) is 0 Å². The maximum atomic E-state index is 5.94. The van der Waals surface area contributed by atoms with Gasteiger partial charge in [0.1, 0.15) is 5.60 Å². The molecule has 1 rings (SSSR count). The summed E-state index contributed by atoms with van der Waals surface area (Å²) in [5.41, 5.74) is -0.610. The van der Waals surface area contributed by atoms with E-state index in [1.807, 2.05) is 0 Å². The average Bonchev–Trinajstić information content (AvgIpc) is 2.50. The fourth-order valence-corrected chi connectivity index (χ4v) is 2.16. The molecule has 0 spiro atoms. The van der Waals surface area contributed by atoms with Crippen molar-refractivity contribution < 1.29 is 33.2 Å². The van der Waals surface area contributed by atoms with Crippen LogP contribution in [-0.4, -0.2) is 92.5 Å². The summed E-state index contributed by atoms with van der Waals surface area (Å²) in [5, 5.41) is 0. The first kappa shape index (κ1) is 19.8. The van der Waals surface area contributed by atoms with E-state index in [4.69, 9.17) is 33.2 Å². The highest BCUT2D eigenvalue weighted by molar-refractivity contribution is 4.80. The van der Waals surface area contributed by atoms with E-state index in [9.17, 15) is 0 Å². The first-order chi connectivity index (χ1) is 10.8. The summed E-state index contributed by atoms with van der Waals surface area (Å²) in [5.74, 6) is 0. The highest BCUT2D eigenvalue weighted by Gasteiger charge is 2.32. The van der Waals surface area contributed by atoms with Crippen LogP contribution in [0.2, 0.25) is 0 Å². The summed E-state index contributed by atoms with van der Waals surface area (Å²) in [6, 6.07) is 0. The second kappa shape index (κ2) is 13.2. The van der Waals surface area contributed by atoms with Crippen molar-refractivity contribution in [1.82, 2.24) is 0 Å². The molecular weight excluding hydrogens is 292 g/mol. The molecule has 1 aliphatic rings. The number of hydrogen-bond acceptors (Lipinski definition) is 7. The zero-order valence-electron chi connectivity index (χ0n) is 13.8. The second-order valence-corrected chi connectivity index (χ2v) is 5.14. The van der Waals surface area contributed by atoms with Gasteiger partial charge in [-0.2, -0.15) is 0 Å². The fraction of sp³-hybridized carbons (Fsp3) is 1.00. The Morgan fingerprint density at radius 2 is 1.18 bits per heavy atom. The van der Waals surface area contributed by atoms with Crippen LogP contribution in [0.15, 0.2) is 0 Å². The molecule has 0 unspecified atom stereocenters. The Kier molecular flexibility index (Phi) is 11.8. The van der Waals surface area contributed by atoms with Crippen LogP contribution in [0.25, 0.3) is 0 Å². The average molecular weight is 322 g/mol. The van der Waals surface area contributed by atoms with Crippen molar-refractivity contribution in [3.8, 4) is 0 Å². The van der Waals surface area contributed by atoms with Gasteiger partial charge in [-0.15, -0.1) is 0 Å². The van der Waals surface area contributed by atoms with Crippen molar-refractivity contribution in [2.75, 3.05) is 86.9 Å².